The maximum atomic E-state index is 12.8. The molecular weight excluding hydrogens is 330 g/mol. The van der Waals surface area contributed by atoms with Gasteiger partial charge >= 0.3 is 0 Å². The molecule has 0 spiro atoms. The van der Waals surface area contributed by atoms with Gasteiger partial charge < -0.3 is 0 Å². The van der Waals surface area contributed by atoms with Crippen LogP contribution in [0.5, 0.6) is 0 Å². The maximum Gasteiger partial charge on any atom is 0.261 e. The van der Waals surface area contributed by atoms with Crippen molar-refractivity contribution in [2.24, 2.45) is 5.92 Å². The van der Waals surface area contributed by atoms with Crippen molar-refractivity contribution in [3.8, 4) is 0 Å². The number of hydrogen-bond donors (Lipinski definition) is 0. The van der Waals surface area contributed by atoms with Crippen LogP contribution in [0.15, 0.2) is 28.4 Å². The highest BCUT2D eigenvalue weighted by atomic mass is 32.1. The first-order chi connectivity index (χ1) is 12.1. The number of benzene rings is 1. The first kappa shape index (κ1) is 16.2. The molecule has 5 heteroatoms. The van der Waals surface area contributed by atoms with Gasteiger partial charge in [-0.15, -0.1) is 11.3 Å². The summed E-state index contributed by atoms with van der Waals surface area (Å²) in [5.74, 6) is 1.57. The van der Waals surface area contributed by atoms with E-state index in [1.165, 1.54) is 0 Å². The number of nitrogens with zero attached hydrogens (tertiary/aromatic N) is 3. The van der Waals surface area contributed by atoms with Crippen LogP contribution in [0.4, 0.5) is 0 Å². The minimum Gasteiger partial charge on any atom is -0.296 e. The number of hydrogen-bond acceptors (Lipinski definition) is 4. The van der Waals surface area contributed by atoms with Crippen molar-refractivity contribution in [3.05, 3.63) is 56.0 Å². The number of fused-ring (bicyclic) bond motifs is 2. The van der Waals surface area contributed by atoms with Crippen molar-refractivity contribution < 1.29 is 0 Å². The molecule has 1 aliphatic heterocycles. The molecule has 0 saturated heterocycles. The zero-order valence-corrected chi connectivity index (χ0v) is 15.3. The van der Waals surface area contributed by atoms with Crippen molar-refractivity contribution in [3.63, 3.8) is 0 Å². The van der Waals surface area contributed by atoms with E-state index in [4.69, 9.17) is 4.98 Å². The monoisotopic (exact) mass is 351 g/mol. The molecule has 0 aliphatic carbocycles. The molecule has 1 unspecified atom stereocenters. The van der Waals surface area contributed by atoms with Crippen molar-refractivity contribution in [1.82, 2.24) is 14.5 Å². The summed E-state index contributed by atoms with van der Waals surface area (Å²) in [7, 11) is 0. The second kappa shape index (κ2) is 6.56. The van der Waals surface area contributed by atoms with Gasteiger partial charge in [0.2, 0.25) is 0 Å². The van der Waals surface area contributed by atoms with Crippen LogP contribution in [0.2, 0.25) is 0 Å². The van der Waals surface area contributed by atoms with Crippen LogP contribution in [0.3, 0.4) is 0 Å². The summed E-state index contributed by atoms with van der Waals surface area (Å²) in [6.07, 6.45) is 7.07. The molecule has 0 fully saturated rings. The van der Waals surface area contributed by atoms with E-state index in [2.05, 4.69) is 11.9 Å². The van der Waals surface area contributed by atoms with Gasteiger partial charge in [-0.05, 0) is 49.5 Å². The molecule has 1 aromatic carbocycles. The van der Waals surface area contributed by atoms with Crippen LogP contribution in [0.25, 0.3) is 23.1 Å². The molecule has 0 amide bonds. The molecule has 0 bridgehead atoms. The largest absolute Gasteiger partial charge is 0.296 e. The lowest BCUT2D eigenvalue weighted by molar-refractivity contribution is 0.484. The van der Waals surface area contributed by atoms with Crippen molar-refractivity contribution in [2.75, 3.05) is 0 Å². The maximum absolute atomic E-state index is 12.8. The minimum atomic E-state index is 0.0974. The second-order valence-corrected chi connectivity index (χ2v) is 7.74. The van der Waals surface area contributed by atoms with E-state index in [0.717, 1.165) is 53.4 Å². The molecule has 3 aromatic rings. The van der Waals surface area contributed by atoms with Crippen LogP contribution < -0.4 is 5.56 Å². The smallest absolute Gasteiger partial charge is 0.261 e. The fraction of sp³-hybridized carbons (Fsp3) is 0.350. The molecule has 2 aromatic heterocycles. The average molecular weight is 351 g/mol. The molecule has 0 N–H and O–H groups in total. The standard InChI is InChI=1S/C20H21N3OS/c1-13-3-7-18-22-17-11-15(5-8-19-21-14(2)12-25-19)4-6-16(17)20(24)23(18)10-9-13/h4-6,8,11-13H,3,7,9-10H2,1-2H3. The molecule has 0 radical (unpaired) electrons. The first-order valence-corrected chi connectivity index (χ1v) is 9.62. The van der Waals surface area contributed by atoms with E-state index in [1.807, 2.05) is 47.2 Å². The fourth-order valence-corrected chi connectivity index (χ4v) is 3.98. The molecule has 128 valence electrons. The molecule has 1 aliphatic rings. The summed E-state index contributed by atoms with van der Waals surface area (Å²) in [5, 5.41) is 3.74. The Kier molecular flexibility index (Phi) is 4.25. The highest BCUT2D eigenvalue weighted by Gasteiger charge is 2.16. The van der Waals surface area contributed by atoms with Crippen molar-refractivity contribution in [2.45, 2.75) is 39.7 Å². The van der Waals surface area contributed by atoms with Crippen LogP contribution >= 0.6 is 11.3 Å². The molecule has 1 atom stereocenters. The zero-order valence-electron chi connectivity index (χ0n) is 14.5. The minimum absolute atomic E-state index is 0.0974. The quantitative estimate of drug-likeness (QED) is 0.691. The number of aryl methyl sites for hydroxylation is 2. The molecule has 3 heterocycles. The normalized spacial score (nSPS) is 17.8. The number of rotatable bonds is 2. The molecule has 4 nitrogen and oxygen atoms in total. The van der Waals surface area contributed by atoms with Crippen molar-refractivity contribution >= 4 is 34.4 Å². The van der Waals surface area contributed by atoms with E-state index in [-0.39, 0.29) is 5.56 Å². The van der Waals surface area contributed by atoms with Gasteiger partial charge in [0.15, 0.2) is 0 Å². The Labute approximate surface area is 150 Å². The highest BCUT2D eigenvalue weighted by molar-refractivity contribution is 7.10. The lowest BCUT2D eigenvalue weighted by Gasteiger charge is -2.10. The Hall–Kier alpha value is -2.27. The van der Waals surface area contributed by atoms with Gasteiger partial charge in [-0.1, -0.05) is 19.1 Å². The van der Waals surface area contributed by atoms with Gasteiger partial charge in [0.05, 0.1) is 10.9 Å². The van der Waals surface area contributed by atoms with Gasteiger partial charge in [-0.3, -0.25) is 9.36 Å². The van der Waals surface area contributed by atoms with Crippen LogP contribution in [-0.2, 0) is 13.0 Å². The summed E-state index contributed by atoms with van der Waals surface area (Å²) in [6.45, 7) is 5.02. The topological polar surface area (TPSA) is 47.8 Å². The van der Waals surface area contributed by atoms with Gasteiger partial charge in [0, 0.05) is 24.0 Å². The van der Waals surface area contributed by atoms with Gasteiger partial charge in [-0.2, -0.15) is 0 Å². The van der Waals surface area contributed by atoms with Gasteiger partial charge in [-0.25, -0.2) is 9.97 Å². The molecule has 25 heavy (non-hydrogen) atoms. The van der Waals surface area contributed by atoms with E-state index in [9.17, 15) is 4.79 Å². The Morgan fingerprint density at radius 1 is 1.24 bits per heavy atom. The van der Waals surface area contributed by atoms with E-state index in [0.29, 0.717) is 11.3 Å². The molecular formula is C20H21N3OS. The summed E-state index contributed by atoms with van der Waals surface area (Å²) in [6, 6.07) is 5.89. The van der Waals surface area contributed by atoms with Gasteiger partial charge in [0.1, 0.15) is 10.8 Å². The highest BCUT2D eigenvalue weighted by Crippen LogP contribution is 2.20. The summed E-state index contributed by atoms with van der Waals surface area (Å²) in [4.78, 5) is 22.1. The summed E-state index contributed by atoms with van der Waals surface area (Å²) in [5.41, 5.74) is 2.97. The summed E-state index contributed by atoms with van der Waals surface area (Å²) < 4.78 is 1.87. The average Bonchev–Trinajstić information content (AvgIpc) is 2.93. The second-order valence-electron chi connectivity index (χ2n) is 6.85. The predicted octanol–water partition coefficient (Wildman–Crippen LogP) is 4.30. The zero-order chi connectivity index (χ0) is 17.4. The lowest BCUT2D eigenvalue weighted by Crippen LogP contribution is -2.24. The van der Waals surface area contributed by atoms with Crippen LogP contribution in [0, 0.1) is 12.8 Å². The Morgan fingerprint density at radius 3 is 2.92 bits per heavy atom. The Bertz CT molecular complexity index is 1020. The number of aromatic nitrogens is 3. The third-order valence-electron chi connectivity index (χ3n) is 4.82. The third-order valence-corrected chi connectivity index (χ3v) is 5.75. The Morgan fingerprint density at radius 2 is 2.12 bits per heavy atom. The van der Waals surface area contributed by atoms with Crippen molar-refractivity contribution in [1.29, 1.82) is 0 Å². The fourth-order valence-electron chi connectivity index (χ4n) is 3.29. The first-order valence-electron chi connectivity index (χ1n) is 8.74. The molecule has 0 saturated carbocycles. The number of thiazole rings is 1. The van der Waals surface area contributed by atoms with Gasteiger partial charge in [0.25, 0.3) is 5.56 Å². The third kappa shape index (κ3) is 3.29. The predicted molar refractivity (Wildman–Crippen MR) is 104 cm³/mol. The lowest BCUT2D eigenvalue weighted by atomic mass is 10.0. The molecule has 4 rings (SSSR count). The van der Waals surface area contributed by atoms with Crippen LogP contribution in [0.1, 0.15) is 41.9 Å². The van der Waals surface area contributed by atoms with E-state index < -0.39 is 0 Å². The summed E-state index contributed by atoms with van der Waals surface area (Å²) >= 11 is 1.63. The SMILES string of the molecule is Cc1csc(C=Cc2ccc3c(=O)n4c(nc3c2)CCC(C)CC4)n1. The van der Waals surface area contributed by atoms with E-state index in [1.54, 1.807) is 11.3 Å². The Balaban J connectivity index is 1.73. The van der Waals surface area contributed by atoms with E-state index >= 15 is 0 Å². The van der Waals surface area contributed by atoms with Crippen LogP contribution in [-0.4, -0.2) is 14.5 Å².